The molecule has 17 heavy (non-hydrogen) atoms. The van der Waals surface area contributed by atoms with E-state index in [1.165, 1.54) is 0 Å². The average molecular weight is 238 g/mol. The second kappa shape index (κ2) is 8.03. The van der Waals surface area contributed by atoms with E-state index >= 15 is 0 Å². The summed E-state index contributed by atoms with van der Waals surface area (Å²) >= 11 is 0. The molecule has 0 unspecified atom stereocenters. The van der Waals surface area contributed by atoms with E-state index in [0.717, 1.165) is 36.7 Å². The zero-order valence-electron chi connectivity index (χ0n) is 11.0. The van der Waals surface area contributed by atoms with E-state index in [1.807, 2.05) is 26.1 Å². The minimum absolute atomic E-state index is 0.580. The lowest BCUT2D eigenvalue weighted by molar-refractivity contribution is 0.109. The molecule has 0 saturated carbocycles. The Morgan fingerprint density at radius 1 is 1.29 bits per heavy atom. The van der Waals surface area contributed by atoms with Crippen LogP contribution in [0.2, 0.25) is 0 Å². The Balaban J connectivity index is 2.56. The molecule has 0 atom stereocenters. The second-order valence-electron chi connectivity index (χ2n) is 3.76. The molecule has 4 nitrogen and oxygen atoms in total. The molecule has 0 radical (unpaired) electrons. The molecule has 1 N–H and O–H groups in total. The van der Waals surface area contributed by atoms with Gasteiger partial charge in [-0.05, 0) is 20.4 Å². The van der Waals surface area contributed by atoms with Gasteiger partial charge in [-0.25, -0.2) is 0 Å². The Labute approximate surface area is 103 Å². The minimum Gasteiger partial charge on any atom is -0.491 e. The van der Waals surface area contributed by atoms with Gasteiger partial charge in [-0.1, -0.05) is 6.92 Å². The van der Waals surface area contributed by atoms with Crippen LogP contribution in [0.25, 0.3) is 0 Å². The molecular formula is C13H22N2O2. The largest absolute Gasteiger partial charge is 0.491 e. The molecule has 0 amide bonds. The molecule has 0 aliphatic heterocycles. The van der Waals surface area contributed by atoms with Crippen molar-refractivity contribution in [3.63, 3.8) is 0 Å². The molecule has 1 aromatic heterocycles. The molecule has 1 heterocycles. The third-order valence-electron chi connectivity index (χ3n) is 2.34. The maximum atomic E-state index is 5.71. The van der Waals surface area contributed by atoms with Crippen LogP contribution >= 0.6 is 0 Å². The van der Waals surface area contributed by atoms with Crippen LogP contribution in [-0.4, -0.2) is 31.3 Å². The maximum absolute atomic E-state index is 5.71. The van der Waals surface area contributed by atoms with Crippen molar-refractivity contribution in [1.29, 1.82) is 0 Å². The van der Waals surface area contributed by atoms with Crippen LogP contribution in [0.5, 0.6) is 5.75 Å². The van der Waals surface area contributed by atoms with Crippen LogP contribution in [0.3, 0.4) is 0 Å². The quantitative estimate of drug-likeness (QED) is 0.703. The van der Waals surface area contributed by atoms with Gasteiger partial charge in [0.1, 0.15) is 12.4 Å². The van der Waals surface area contributed by atoms with Gasteiger partial charge in [-0.3, -0.25) is 4.98 Å². The summed E-state index contributed by atoms with van der Waals surface area (Å²) in [6.07, 6.45) is 1.87. The summed E-state index contributed by atoms with van der Waals surface area (Å²) in [4.78, 5) is 4.29. The number of hydrogen-bond donors (Lipinski definition) is 1. The summed E-state index contributed by atoms with van der Waals surface area (Å²) in [5, 5.41) is 3.27. The van der Waals surface area contributed by atoms with Crippen LogP contribution < -0.4 is 10.1 Å². The monoisotopic (exact) mass is 238 g/mol. The highest BCUT2D eigenvalue weighted by molar-refractivity contribution is 5.32. The summed E-state index contributed by atoms with van der Waals surface area (Å²) in [6, 6.07) is 1.97. The molecule has 0 fully saturated rings. The predicted octanol–water partition coefficient (Wildman–Crippen LogP) is 1.91. The smallest absolute Gasteiger partial charge is 0.127 e. The number of ether oxygens (including phenoxy) is 2. The third-order valence-corrected chi connectivity index (χ3v) is 2.34. The highest BCUT2D eigenvalue weighted by Crippen LogP contribution is 2.18. The number of aryl methyl sites for hydroxylation is 1. The zero-order chi connectivity index (χ0) is 12.5. The highest BCUT2D eigenvalue weighted by Gasteiger charge is 2.04. The first-order valence-corrected chi connectivity index (χ1v) is 6.14. The summed E-state index contributed by atoms with van der Waals surface area (Å²) < 4.78 is 11.0. The summed E-state index contributed by atoms with van der Waals surface area (Å²) in [7, 11) is 0. The van der Waals surface area contributed by atoms with Crippen LogP contribution in [-0.2, 0) is 11.3 Å². The Hall–Kier alpha value is -1.13. The summed E-state index contributed by atoms with van der Waals surface area (Å²) in [5.74, 6) is 0.901. The van der Waals surface area contributed by atoms with E-state index in [-0.39, 0.29) is 0 Å². The fourth-order valence-corrected chi connectivity index (χ4v) is 1.44. The number of nitrogens with zero attached hydrogens (tertiary/aromatic N) is 1. The molecular weight excluding hydrogens is 216 g/mol. The van der Waals surface area contributed by atoms with Gasteiger partial charge in [-0.15, -0.1) is 0 Å². The van der Waals surface area contributed by atoms with Crippen LogP contribution in [0, 0.1) is 6.92 Å². The lowest BCUT2D eigenvalue weighted by atomic mass is 10.2. The average Bonchev–Trinajstić information content (AvgIpc) is 2.33. The SMILES string of the molecule is CCNCc1cnc(C)cc1OCCOCC. The van der Waals surface area contributed by atoms with Crippen molar-refractivity contribution in [2.45, 2.75) is 27.3 Å². The van der Waals surface area contributed by atoms with Gasteiger partial charge < -0.3 is 14.8 Å². The highest BCUT2D eigenvalue weighted by atomic mass is 16.5. The lowest BCUT2D eigenvalue weighted by Gasteiger charge is -2.12. The van der Waals surface area contributed by atoms with E-state index in [2.05, 4.69) is 17.2 Å². The third kappa shape index (κ3) is 5.15. The second-order valence-corrected chi connectivity index (χ2v) is 3.76. The molecule has 1 rings (SSSR count). The first-order chi connectivity index (χ1) is 8.27. The van der Waals surface area contributed by atoms with Crippen LogP contribution in [0.1, 0.15) is 25.1 Å². The fourth-order valence-electron chi connectivity index (χ4n) is 1.44. The molecule has 0 bridgehead atoms. The van der Waals surface area contributed by atoms with Gasteiger partial charge in [0.25, 0.3) is 0 Å². The fraction of sp³-hybridized carbons (Fsp3) is 0.615. The van der Waals surface area contributed by atoms with Crippen molar-refractivity contribution in [1.82, 2.24) is 10.3 Å². The molecule has 0 aliphatic carbocycles. The van der Waals surface area contributed by atoms with Crippen molar-refractivity contribution in [3.05, 3.63) is 23.5 Å². The molecule has 0 spiro atoms. The van der Waals surface area contributed by atoms with E-state index in [9.17, 15) is 0 Å². The minimum atomic E-state index is 0.580. The van der Waals surface area contributed by atoms with Gasteiger partial charge in [0.05, 0.1) is 6.61 Å². The number of hydrogen-bond acceptors (Lipinski definition) is 4. The zero-order valence-corrected chi connectivity index (χ0v) is 11.0. The van der Waals surface area contributed by atoms with Crippen LogP contribution in [0.4, 0.5) is 0 Å². The van der Waals surface area contributed by atoms with Crippen LogP contribution in [0.15, 0.2) is 12.3 Å². The Kier molecular flexibility index (Phi) is 6.58. The molecule has 96 valence electrons. The van der Waals surface area contributed by atoms with E-state index < -0.39 is 0 Å². The van der Waals surface area contributed by atoms with Crippen molar-refractivity contribution in [3.8, 4) is 5.75 Å². The Morgan fingerprint density at radius 2 is 2.12 bits per heavy atom. The van der Waals surface area contributed by atoms with E-state index in [0.29, 0.717) is 13.2 Å². The van der Waals surface area contributed by atoms with Gasteiger partial charge in [0.15, 0.2) is 0 Å². The van der Waals surface area contributed by atoms with E-state index in [4.69, 9.17) is 9.47 Å². The number of pyridine rings is 1. The normalized spacial score (nSPS) is 10.5. The van der Waals surface area contributed by atoms with Gasteiger partial charge >= 0.3 is 0 Å². The van der Waals surface area contributed by atoms with Gasteiger partial charge in [-0.2, -0.15) is 0 Å². The molecule has 1 aromatic rings. The van der Waals surface area contributed by atoms with Gasteiger partial charge in [0.2, 0.25) is 0 Å². The summed E-state index contributed by atoms with van der Waals surface area (Å²) in [6.45, 7) is 9.68. The van der Waals surface area contributed by atoms with Gasteiger partial charge in [0, 0.05) is 36.7 Å². The van der Waals surface area contributed by atoms with E-state index in [1.54, 1.807) is 0 Å². The number of rotatable bonds is 8. The molecule has 0 aromatic carbocycles. The molecule has 0 saturated heterocycles. The summed E-state index contributed by atoms with van der Waals surface area (Å²) in [5.41, 5.74) is 2.06. The Morgan fingerprint density at radius 3 is 2.82 bits per heavy atom. The first kappa shape index (κ1) is 13.9. The molecule has 4 heteroatoms. The number of nitrogens with one attached hydrogen (secondary N) is 1. The lowest BCUT2D eigenvalue weighted by Crippen LogP contribution is -2.14. The van der Waals surface area contributed by atoms with Crippen molar-refractivity contribution in [2.24, 2.45) is 0 Å². The molecule has 0 aliphatic rings. The first-order valence-electron chi connectivity index (χ1n) is 6.14. The topological polar surface area (TPSA) is 43.4 Å². The van der Waals surface area contributed by atoms with Crippen molar-refractivity contribution < 1.29 is 9.47 Å². The standard InChI is InChI=1S/C13H22N2O2/c1-4-14-9-12-10-15-11(3)8-13(12)17-7-6-16-5-2/h8,10,14H,4-7,9H2,1-3H3. The van der Waals surface area contributed by atoms with Crippen molar-refractivity contribution >= 4 is 0 Å². The Bertz CT molecular complexity index is 329. The predicted molar refractivity (Wildman–Crippen MR) is 68.3 cm³/mol. The van der Waals surface area contributed by atoms with Crippen molar-refractivity contribution in [2.75, 3.05) is 26.4 Å². The maximum Gasteiger partial charge on any atom is 0.127 e. The number of aromatic nitrogens is 1.